The third kappa shape index (κ3) is 10.0. The molecule has 1 aliphatic rings. The highest BCUT2D eigenvalue weighted by atomic mass is 32.1. The molecule has 3 rings (SSSR count). The van der Waals surface area contributed by atoms with Crippen LogP contribution >= 0.6 is 11.3 Å². The molecule has 0 spiro atoms. The first-order valence-corrected chi connectivity index (χ1v) is 16.4. The maximum Gasteiger partial charge on any atom is 0.270 e. The van der Waals surface area contributed by atoms with E-state index in [2.05, 4.69) is 63.9 Å². The van der Waals surface area contributed by atoms with E-state index in [1.54, 1.807) is 12.1 Å². The molecule has 0 bridgehead atoms. The predicted octanol–water partition coefficient (Wildman–Crippen LogP) is 12.0. The highest BCUT2D eigenvalue weighted by molar-refractivity contribution is 7.13. The Morgan fingerprint density at radius 2 is 1.68 bits per heavy atom. The Morgan fingerprint density at radius 3 is 2.27 bits per heavy atom. The van der Waals surface area contributed by atoms with E-state index in [0.717, 1.165) is 31.1 Å². The lowest BCUT2D eigenvalue weighted by molar-refractivity contribution is 0.0174. The number of thiophene rings is 1. The van der Waals surface area contributed by atoms with Gasteiger partial charge in [0.15, 0.2) is 0 Å². The zero-order chi connectivity index (χ0) is 29.7. The summed E-state index contributed by atoms with van der Waals surface area (Å²) in [6, 6.07) is 11.5. The smallest absolute Gasteiger partial charge is 0.270 e. The number of hydrogen-bond acceptors (Lipinski definition) is 2. The number of benzene rings is 1. The average molecular weight is 570 g/mol. The van der Waals surface area contributed by atoms with Crippen LogP contribution in [0.15, 0.2) is 66.3 Å². The molecule has 0 amide bonds. The molecule has 1 aliphatic carbocycles. The summed E-state index contributed by atoms with van der Waals surface area (Å²) in [5.41, 5.74) is 4.94. The van der Waals surface area contributed by atoms with Crippen molar-refractivity contribution < 1.29 is 8.78 Å². The highest BCUT2D eigenvalue weighted by Crippen LogP contribution is 2.42. The molecule has 0 saturated heterocycles. The summed E-state index contributed by atoms with van der Waals surface area (Å²) < 4.78 is 27.4. The topological polar surface area (TPSA) is 12.0 Å². The fourth-order valence-electron chi connectivity index (χ4n) is 5.65. The van der Waals surface area contributed by atoms with Gasteiger partial charge in [-0.15, -0.1) is 11.3 Å². The minimum absolute atomic E-state index is 0.0750. The number of rotatable bonds is 15. The molecule has 3 unspecified atom stereocenters. The molecule has 1 heterocycles. The monoisotopic (exact) mass is 569 g/mol. The van der Waals surface area contributed by atoms with Crippen LogP contribution in [0.2, 0.25) is 0 Å². The number of unbranched alkanes of at least 4 members (excludes halogenated alkanes) is 4. The summed E-state index contributed by atoms with van der Waals surface area (Å²) >= 11 is 1.89. The predicted molar refractivity (Wildman–Crippen MR) is 173 cm³/mol. The number of nitrogens with one attached hydrogen (secondary N) is 1. The van der Waals surface area contributed by atoms with Crippen molar-refractivity contribution in [1.29, 1.82) is 0 Å². The Balaban J connectivity index is 0.00000274. The van der Waals surface area contributed by atoms with Gasteiger partial charge in [0.25, 0.3) is 5.92 Å². The number of alkyl halides is 2. The number of hydrogen-bond donors (Lipinski definition) is 1. The van der Waals surface area contributed by atoms with Crippen LogP contribution in [0, 0.1) is 5.92 Å². The largest absolute Gasteiger partial charge is 0.384 e. The third-order valence-corrected chi connectivity index (χ3v) is 9.07. The molecule has 0 radical (unpaired) electrons. The second-order valence-electron chi connectivity index (χ2n) is 11.2. The first-order valence-electron chi connectivity index (χ1n) is 15.5. The van der Waals surface area contributed by atoms with Crippen molar-refractivity contribution in [3.63, 3.8) is 0 Å². The average Bonchev–Trinajstić information content (AvgIpc) is 3.42. The van der Waals surface area contributed by atoms with Gasteiger partial charge in [0, 0.05) is 40.4 Å². The van der Waals surface area contributed by atoms with Crippen LogP contribution < -0.4 is 5.32 Å². The summed E-state index contributed by atoms with van der Waals surface area (Å²) in [6.07, 6.45) is 14.4. The van der Waals surface area contributed by atoms with Crippen LogP contribution in [0.3, 0.4) is 0 Å². The van der Waals surface area contributed by atoms with Gasteiger partial charge < -0.3 is 5.32 Å². The zero-order valence-electron chi connectivity index (χ0n) is 26.1. The van der Waals surface area contributed by atoms with Crippen LogP contribution in [0.5, 0.6) is 0 Å². The molecule has 1 aromatic heterocycles. The fourth-order valence-corrected chi connectivity index (χ4v) is 6.74. The van der Waals surface area contributed by atoms with Crippen molar-refractivity contribution in [3.8, 4) is 0 Å². The Morgan fingerprint density at radius 1 is 1.00 bits per heavy atom. The normalized spacial score (nSPS) is 17.8. The summed E-state index contributed by atoms with van der Waals surface area (Å²) in [4.78, 5) is 2.69. The Hall–Kier alpha value is -2.20. The summed E-state index contributed by atoms with van der Waals surface area (Å²) in [6.45, 7) is 19.2. The first-order chi connectivity index (χ1) is 19.1. The molecule has 1 aromatic carbocycles. The lowest BCUT2D eigenvalue weighted by Gasteiger charge is -2.29. The quantitative estimate of drug-likeness (QED) is 0.210. The van der Waals surface area contributed by atoms with Gasteiger partial charge in [-0.1, -0.05) is 121 Å². The van der Waals surface area contributed by atoms with Crippen molar-refractivity contribution >= 4 is 17.0 Å². The van der Waals surface area contributed by atoms with Gasteiger partial charge >= 0.3 is 0 Å². The molecule has 222 valence electrons. The second-order valence-corrected chi connectivity index (χ2v) is 12.3. The van der Waals surface area contributed by atoms with E-state index in [9.17, 15) is 8.78 Å². The van der Waals surface area contributed by atoms with Crippen molar-refractivity contribution in [2.24, 2.45) is 5.92 Å². The van der Waals surface area contributed by atoms with Crippen LogP contribution in [-0.4, -0.2) is 6.54 Å². The SMILES string of the molecule is C=C(NCCCCCC)c1ccc(C(CCCC)CC2=CC(C)C(c3ccc(C(C)(F)F)cc3)C(C)=C2)s1.CC. The van der Waals surface area contributed by atoms with Crippen LogP contribution in [-0.2, 0) is 5.92 Å². The van der Waals surface area contributed by atoms with Gasteiger partial charge in [-0.05, 0) is 55.7 Å². The summed E-state index contributed by atoms with van der Waals surface area (Å²) in [7, 11) is 0. The van der Waals surface area contributed by atoms with Crippen LogP contribution in [0.25, 0.3) is 5.70 Å². The van der Waals surface area contributed by atoms with Crippen LogP contribution in [0.4, 0.5) is 8.78 Å². The summed E-state index contributed by atoms with van der Waals surface area (Å²) in [5, 5.41) is 3.53. The maximum atomic E-state index is 13.7. The molecule has 1 N–H and O–H groups in total. The lowest BCUT2D eigenvalue weighted by atomic mass is 9.75. The molecule has 0 fully saturated rings. The van der Waals surface area contributed by atoms with Crippen molar-refractivity contribution in [2.45, 2.75) is 118 Å². The van der Waals surface area contributed by atoms with Gasteiger partial charge in [-0.3, -0.25) is 0 Å². The first kappa shape index (κ1) is 34.0. The van der Waals surface area contributed by atoms with Gasteiger partial charge in [0.1, 0.15) is 0 Å². The second kappa shape index (κ2) is 16.9. The van der Waals surface area contributed by atoms with E-state index >= 15 is 0 Å². The molecule has 40 heavy (non-hydrogen) atoms. The molecule has 0 saturated carbocycles. The van der Waals surface area contributed by atoms with E-state index in [-0.39, 0.29) is 11.5 Å². The third-order valence-electron chi connectivity index (χ3n) is 7.77. The minimum atomic E-state index is -2.80. The van der Waals surface area contributed by atoms with Gasteiger partial charge in [0.2, 0.25) is 0 Å². The van der Waals surface area contributed by atoms with E-state index < -0.39 is 5.92 Å². The van der Waals surface area contributed by atoms with E-state index in [1.165, 1.54) is 65.8 Å². The van der Waals surface area contributed by atoms with Crippen molar-refractivity contribution in [3.05, 3.63) is 87.2 Å². The minimum Gasteiger partial charge on any atom is -0.384 e. The highest BCUT2D eigenvalue weighted by Gasteiger charge is 2.28. The number of allylic oxidation sites excluding steroid dienone is 4. The number of halogens is 2. The molecule has 4 heteroatoms. The van der Waals surface area contributed by atoms with E-state index in [4.69, 9.17) is 0 Å². The van der Waals surface area contributed by atoms with Gasteiger partial charge in [0.05, 0.1) is 0 Å². The van der Waals surface area contributed by atoms with Crippen molar-refractivity contribution in [2.75, 3.05) is 6.54 Å². The Labute approximate surface area is 247 Å². The van der Waals surface area contributed by atoms with Gasteiger partial charge in [-0.2, -0.15) is 0 Å². The Kier molecular flexibility index (Phi) is 14.4. The van der Waals surface area contributed by atoms with E-state index in [0.29, 0.717) is 11.8 Å². The maximum absolute atomic E-state index is 13.7. The molecular formula is C36H53F2NS. The summed E-state index contributed by atoms with van der Waals surface area (Å²) in [5.74, 6) is -1.75. The van der Waals surface area contributed by atoms with Crippen LogP contribution in [0.1, 0.15) is 133 Å². The molecular weight excluding hydrogens is 516 g/mol. The molecule has 0 aliphatic heterocycles. The fraction of sp³-hybridized carbons (Fsp3) is 0.556. The Bertz CT molecular complexity index is 1090. The molecule has 2 aromatic rings. The zero-order valence-corrected chi connectivity index (χ0v) is 26.9. The molecule has 1 nitrogen and oxygen atoms in total. The van der Waals surface area contributed by atoms with E-state index in [1.807, 2.05) is 37.3 Å². The molecule has 3 atom stereocenters. The standard InChI is InChI=1S/C34H47F2NS.C2H6/c1-7-9-11-12-20-37-26(5)31-18-19-32(38-31)29(13-10-8-2)23-27-21-24(3)33(25(4)22-27)28-14-16-30(17-15-28)34(6,35)36;1-2/h14-19,21-22,24,29,33,37H,5,7-13,20,23H2,1-4,6H3;1-2H3. The lowest BCUT2D eigenvalue weighted by Crippen LogP contribution is -2.15. The van der Waals surface area contributed by atoms with Crippen molar-refractivity contribution in [1.82, 2.24) is 5.32 Å². The van der Waals surface area contributed by atoms with Gasteiger partial charge in [-0.25, -0.2) is 8.78 Å².